The molecule has 0 saturated carbocycles. The van der Waals surface area contributed by atoms with Crippen molar-refractivity contribution in [2.45, 2.75) is 6.54 Å². The second-order valence-electron chi connectivity index (χ2n) is 4.25. The van der Waals surface area contributed by atoms with E-state index in [-0.39, 0.29) is 0 Å². The third-order valence-electron chi connectivity index (χ3n) is 2.80. The van der Waals surface area contributed by atoms with Crippen molar-refractivity contribution >= 4 is 44.8 Å². The first-order chi connectivity index (χ1) is 9.81. The number of hydrogen-bond donors (Lipinski definition) is 2. The fraction of sp³-hybridized carbons (Fsp3) is 0.0714. The van der Waals surface area contributed by atoms with Gasteiger partial charge >= 0.3 is 0 Å². The highest BCUT2D eigenvalue weighted by Crippen LogP contribution is 2.19. The van der Waals surface area contributed by atoms with Gasteiger partial charge in [-0.05, 0) is 47.5 Å². The molecular formula is C14H12N4S2. The smallest absolute Gasteiger partial charge is 0.171 e. The van der Waals surface area contributed by atoms with Crippen LogP contribution in [-0.4, -0.2) is 14.7 Å². The Balaban J connectivity index is 1.61. The highest BCUT2D eigenvalue weighted by Gasteiger charge is 2.02. The lowest BCUT2D eigenvalue weighted by atomic mass is 10.2. The van der Waals surface area contributed by atoms with Gasteiger partial charge in [-0.1, -0.05) is 34.8 Å². The largest absolute Gasteiger partial charge is 0.358 e. The van der Waals surface area contributed by atoms with Crippen LogP contribution in [0.25, 0.3) is 10.2 Å². The molecule has 1 aromatic heterocycles. The molecule has 20 heavy (non-hydrogen) atoms. The maximum Gasteiger partial charge on any atom is 0.171 e. The van der Waals surface area contributed by atoms with Crippen molar-refractivity contribution in [3.8, 4) is 0 Å². The minimum Gasteiger partial charge on any atom is -0.358 e. The minimum atomic E-state index is 0.594. The Morgan fingerprint density at radius 3 is 2.85 bits per heavy atom. The van der Waals surface area contributed by atoms with Gasteiger partial charge in [0.15, 0.2) is 5.11 Å². The number of benzene rings is 2. The summed E-state index contributed by atoms with van der Waals surface area (Å²) >= 11 is 6.67. The van der Waals surface area contributed by atoms with Crippen LogP contribution in [0.1, 0.15) is 5.56 Å². The van der Waals surface area contributed by atoms with Crippen LogP contribution in [0.2, 0.25) is 0 Å². The van der Waals surface area contributed by atoms with Gasteiger partial charge < -0.3 is 10.6 Å². The van der Waals surface area contributed by atoms with Crippen LogP contribution in [0.5, 0.6) is 0 Å². The number of nitrogens with one attached hydrogen (secondary N) is 2. The minimum absolute atomic E-state index is 0.594. The van der Waals surface area contributed by atoms with E-state index in [1.807, 2.05) is 36.4 Å². The second kappa shape index (κ2) is 5.94. The fourth-order valence-corrected chi connectivity index (χ4v) is 2.54. The first kappa shape index (κ1) is 13.0. The highest BCUT2D eigenvalue weighted by molar-refractivity contribution is 7.80. The Kier molecular flexibility index (Phi) is 3.85. The van der Waals surface area contributed by atoms with Crippen molar-refractivity contribution in [2.24, 2.45) is 0 Å². The van der Waals surface area contributed by atoms with Gasteiger partial charge in [-0.15, -0.1) is 5.10 Å². The second-order valence-corrected chi connectivity index (χ2v) is 5.44. The quantitative estimate of drug-likeness (QED) is 0.728. The molecule has 0 radical (unpaired) electrons. The third kappa shape index (κ3) is 3.09. The van der Waals surface area contributed by atoms with Crippen LogP contribution in [-0.2, 0) is 6.54 Å². The van der Waals surface area contributed by atoms with Crippen molar-refractivity contribution in [1.82, 2.24) is 14.9 Å². The van der Waals surface area contributed by atoms with Crippen LogP contribution >= 0.6 is 23.8 Å². The molecule has 0 fully saturated rings. The molecule has 0 aliphatic heterocycles. The molecule has 0 saturated heterocycles. The monoisotopic (exact) mass is 300 g/mol. The molecule has 6 heteroatoms. The molecule has 3 aromatic rings. The van der Waals surface area contributed by atoms with Crippen molar-refractivity contribution in [3.05, 3.63) is 54.1 Å². The Morgan fingerprint density at radius 2 is 2.00 bits per heavy atom. The van der Waals surface area contributed by atoms with Crippen LogP contribution in [0, 0.1) is 0 Å². The van der Waals surface area contributed by atoms with Crippen molar-refractivity contribution in [2.75, 3.05) is 5.32 Å². The van der Waals surface area contributed by atoms with Gasteiger partial charge in [0.25, 0.3) is 0 Å². The van der Waals surface area contributed by atoms with Gasteiger partial charge in [-0.2, -0.15) is 0 Å². The lowest BCUT2D eigenvalue weighted by molar-refractivity contribution is 0.926. The molecule has 1 heterocycles. The lowest BCUT2D eigenvalue weighted by Gasteiger charge is -2.10. The van der Waals surface area contributed by atoms with Gasteiger partial charge in [0, 0.05) is 12.2 Å². The molecule has 100 valence electrons. The number of anilines is 1. The summed E-state index contributed by atoms with van der Waals surface area (Å²) in [6.07, 6.45) is 0. The summed E-state index contributed by atoms with van der Waals surface area (Å²) in [6.45, 7) is 0.702. The lowest BCUT2D eigenvalue weighted by Crippen LogP contribution is -2.27. The number of aromatic nitrogens is 2. The maximum absolute atomic E-state index is 5.28. The summed E-state index contributed by atoms with van der Waals surface area (Å²) in [6, 6.07) is 16.0. The van der Waals surface area contributed by atoms with E-state index in [9.17, 15) is 0 Å². The predicted molar refractivity (Wildman–Crippen MR) is 86.9 cm³/mol. The molecule has 2 aromatic carbocycles. The standard InChI is InChI=1S/C14H12N4S2/c19-14(15-9-10-4-2-1-3-5-10)16-11-6-7-13-12(8-11)17-18-20-13/h1-8H,9H2,(H2,15,16,19). The molecule has 0 unspecified atom stereocenters. The zero-order valence-corrected chi connectivity index (χ0v) is 12.2. The van der Waals surface area contributed by atoms with Crippen LogP contribution in [0.15, 0.2) is 48.5 Å². The Morgan fingerprint density at radius 1 is 1.15 bits per heavy atom. The van der Waals surface area contributed by atoms with Crippen LogP contribution in [0.3, 0.4) is 0 Å². The summed E-state index contributed by atoms with van der Waals surface area (Å²) in [5.74, 6) is 0. The summed E-state index contributed by atoms with van der Waals surface area (Å²) in [5, 5.41) is 11.0. The Bertz CT molecular complexity index is 724. The van der Waals surface area contributed by atoms with Gasteiger partial charge in [-0.3, -0.25) is 0 Å². The van der Waals surface area contributed by atoms with E-state index in [0.717, 1.165) is 15.9 Å². The Labute approximate surface area is 126 Å². The molecule has 0 aliphatic carbocycles. The van der Waals surface area contributed by atoms with Crippen LogP contribution in [0.4, 0.5) is 5.69 Å². The molecular weight excluding hydrogens is 288 g/mol. The summed E-state index contributed by atoms with van der Waals surface area (Å²) in [5.41, 5.74) is 2.98. The molecule has 0 bridgehead atoms. The average molecular weight is 300 g/mol. The van der Waals surface area contributed by atoms with E-state index in [1.165, 1.54) is 17.1 Å². The third-order valence-corrected chi connectivity index (χ3v) is 3.75. The first-order valence-corrected chi connectivity index (χ1v) is 7.30. The van der Waals surface area contributed by atoms with Crippen molar-refractivity contribution in [3.63, 3.8) is 0 Å². The van der Waals surface area contributed by atoms with E-state index in [0.29, 0.717) is 11.7 Å². The zero-order chi connectivity index (χ0) is 13.8. The highest BCUT2D eigenvalue weighted by atomic mass is 32.1. The first-order valence-electron chi connectivity index (χ1n) is 6.12. The van der Waals surface area contributed by atoms with Crippen molar-refractivity contribution in [1.29, 1.82) is 0 Å². The average Bonchev–Trinajstić information content (AvgIpc) is 2.94. The number of rotatable bonds is 3. The Hall–Kier alpha value is -2.05. The van der Waals surface area contributed by atoms with Crippen LogP contribution < -0.4 is 10.6 Å². The molecule has 4 nitrogen and oxygen atoms in total. The number of fused-ring (bicyclic) bond motifs is 1. The maximum atomic E-state index is 5.28. The molecule has 0 amide bonds. The molecule has 0 spiro atoms. The number of hydrogen-bond acceptors (Lipinski definition) is 4. The molecule has 2 N–H and O–H groups in total. The van der Waals surface area contributed by atoms with Gasteiger partial charge in [0.2, 0.25) is 0 Å². The van der Waals surface area contributed by atoms with E-state index in [2.05, 4.69) is 32.4 Å². The predicted octanol–water partition coefficient (Wildman–Crippen LogP) is 3.18. The zero-order valence-electron chi connectivity index (χ0n) is 10.5. The number of thiocarbonyl (C=S) groups is 1. The van der Waals surface area contributed by atoms with E-state index in [1.54, 1.807) is 0 Å². The van der Waals surface area contributed by atoms with E-state index >= 15 is 0 Å². The van der Waals surface area contributed by atoms with E-state index < -0.39 is 0 Å². The summed E-state index contributed by atoms with van der Waals surface area (Å²) in [7, 11) is 0. The summed E-state index contributed by atoms with van der Waals surface area (Å²) < 4.78 is 4.98. The SMILES string of the molecule is S=C(NCc1ccccc1)Nc1ccc2snnc2c1. The van der Waals surface area contributed by atoms with Gasteiger partial charge in [0.05, 0.1) is 4.70 Å². The fourth-order valence-electron chi connectivity index (χ4n) is 1.81. The topological polar surface area (TPSA) is 49.8 Å². The normalized spacial score (nSPS) is 10.4. The van der Waals surface area contributed by atoms with Gasteiger partial charge in [0.1, 0.15) is 5.52 Å². The van der Waals surface area contributed by atoms with Gasteiger partial charge in [-0.25, -0.2) is 0 Å². The molecule has 3 rings (SSSR count). The van der Waals surface area contributed by atoms with Crippen molar-refractivity contribution < 1.29 is 0 Å². The van der Waals surface area contributed by atoms with E-state index in [4.69, 9.17) is 12.2 Å². The summed E-state index contributed by atoms with van der Waals surface area (Å²) in [4.78, 5) is 0. The molecule has 0 atom stereocenters. The number of nitrogens with zero attached hydrogens (tertiary/aromatic N) is 2. The molecule has 0 aliphatic rings.